The standard InChI is InChI=1S/C15H14ClN3O/c16-10-1-3-12(4-2-10)19-15(20)14-9-13(7-8-17-14)18-11-5-6-11/h1-4,7-9,11H,5-6H2,(H,17,18)(H,19,20). The van der Waals surface area contributed by atoms with E-state index in [9.17, 15) is 4.79 Å². The minimum atomic E-state index is -0.230. The number of anilines is 2. The molecule has 1 heterocycles. The maximum Gasteiger partial charge on any atom is 0.274 e. The monoisotopic (exact) mass is 287 g/mol. The van der Waals surface area contributed by atoms with Gasteiger partial charge < -0.3 is 10.6 Å². The first-order valence-corrected chi connectivity index (χ1v) is 6.88. The second kappa shape index (κ2) is 5.51. The fourth-order valence-electron chi connectivity index (χ4n) is 1.84. The molecule has 20 heavy (non-hydrogen) atoms. The van der Waals surface area contributed by atoms with Gasteiger partial charge in [0.05, 0.1) is 0 Å². The molecule has 1 fully saturated rings. The van der Waals surface area contributed by atoms with Crippen LogP contribution in [0.2, 0.25) is 5.02 Å². The van der Waals surface area contributed by atoms with Gasteiger partial charge in [0.25, 0.3) is 5.91 Å². The molecule has 0 saturated heterocycles. The van der Waals surface area contributed by atoms with E-state index in [0.717, 1.165) is 5.69 Å². The zero-order chi connectivity index (χ0) is 13.9. The van der Waals surface area contributed by atoms with E-state index in [0.29, 0.717) is 22.4 Å². The molecule has 0 aliphatic heterocycles. The van der Waals surface area contributed by atoms with E-state index < -0.39 is 0 Å². The Bertz CT molecular complexity index is 623. The summed E-state index contributed by atoms with van der Waals surface area (Å²) in [5.74, 6) is -0.230. The topological polar surface area (TPSA) is 54.0 Å². The van der Waals surface area contributed by atoms with Gasteiger partial charge in [-0.1, -0.05) is 11.6 Å². The van der Waals surface area contributed by atoms with Crippen LogP contribution in [0.15, 0.2) is 42.6 Å². The zero-order valence-corrected chi connectivity index (χ0v) is 11.5. The number of nitrogens with one attached hydrogen (secondary N) is 2. The van der Waals surface area contributed by atoms with Gasteiger partial charge in [-0.2, -0.15) is 0 Å². The summed E-state index contributed by atoms with van der Waals surface area (Å²) in [6.07, 6.45) is 4.02. The van der Waals surface area contributed by atoms with Crippen LogP contribution in [0.5, 0.6) is 0 Å². The van der Waals surface area contributed by atoms with Gasteiger partial charge in [-0.15, -0.1) is 0 Å². The molecule has 1 aliphatic rings. The Kier molecular flexibility index (Phi) is 3.56. The second-order valence-electron chi connectivity index (χ2n) is 4.81. The van der Waals surface area contributed by atoms with E-state index in [1.807, 2.05) is 6.07 Å². The number of nitrogens with zero attached hydrogens (tertiary/aromatic N) is 1. The first-order valence-electron chi connectivity index (χ1n) is 6.50. The Morgan fingerprint density at radius 2 is 1.90 bits per heavy atom. The van der Waals surface area contributed by atoms with Crippen LogP contribution in [-0.4, -0.2) is 16.9 Å². The van der Waals surface area contributed by atoms with Crippen molar-refractivity contribution >= 4 is 28.9 Å². The van der Waals surface area contributed by atoms with Crippen molar-refractivity contribution < 1.29 is 4.79 Å². The highest BCUT2D eigenvalue weighted by Crippen LogP contribution is 2.24. The van der Waals surface area contributed by atoms with Crippen LogP contribution in [0.25, 0.3) is 0 Å². The van der Waals surface area contributed by atoms with Crippen LogP contribution in [-0.2, 0) is 0 Å². The average molecular weight is 288 g/mol. The Labute approximate surface area is 122 Å². The molecule has 0 radical (unpaired) electrons. The SMILES string of the molecule is O=C(Nc1ccc(Cl)cc1)c1cc(NC2CC2)ccn1. The van der Waals surface area contributed by atoms with Crippen LogP contribution in [0, 0.1) is 0 Å². The van der Waals surface area contributed by atoms with Crippen molar-refractivity contribution in [2.24, 2.45) is 0 Å². The third-order valence-corrected chi connectivity index (χ3v) is 3.29. The van der Waals surface area contributed by atoms with E-state index in [2.05, 4.69) is 15.6 Å². The lowest BCUT2D eigenvalue weighted by Gasteiger charge is -2.07. The van der Waals surface area contributed by atoms with Gasteiger partial charge in [0.2, 0.25) is 0 Å². The number of halogens is 1. The van der Waals surface area contributed by atoms with Crippen molar-refractivity contribution in [3.63, 3.8) is 0 Å². The normalized spacial score (nSPS) is 13.8. The first kappa shape index (κ1) is 12.9. The highest BCUT2D eigenvalue weighted by Gasteiger charge is 2.21. The maximum atomic E-state index is 12.1. The predicted molar refractivity (Wildman–Crippen MR) is 80.3 cm³/mol. The van der Waals surface area contributed by atoms with Crippen LogP contribution in [0.4, 0.5) is 11.4 Å². The van der Waals surface area contributed by atoms with Gasteiger partial charge in [0.1, 0.15) is 5.69 Å². The molecule has 1 aliphatic carbocycles. The lowest BCUT2D eigenvalue weighted by atomic mass is 10.2. The van der Waals surface area contributed by atoms with Gasteiger partial charge >= 0.3 is 0 Å². The highest BCUT2D eigenvalue weighted by atomic mass is 35.5. The summed E-state index contributed by atoms with van der Waals surface area (Å²) in [6.45, 7) is 0. The molecule has 0 unspecified atom stereocenters. The Morgan fingerprint density at radius 3 is 2.60 bits per heavy atom. The molecule has 0 spiro atoms. The predicted octanol–water partition coefficient (Wildman–Crippen LogP) is 3.56. The number of benzene rings is 1. The molecular weight excluding hydrogens is 274 g/mol. The number of carbonyl (C=O) groups is 1. The largest absolute Gasteiger partial charge is 0.382 e. The molecule has 0 bridgehead atoms. The van der Waals surface area contributed by atoms with Crippen LogP contribution >= 0.6 is 11.6 Å². The van der Waals surface area contributed by atoms with Gasteiger partial charge in [-0.05, 0) is 49.2 Å². The maximum absolute atomic E-state index is 12.1. The van der Waals surface area contributed by atoms with Crippen molar-refractivity contribution in [3.8, 4) is 0 Å². The Balaban J connectivity index is 1.71. The molecule has 1 aromatic carbocycles. The van der Waals surface area contributed by atoms with Gasteiger partial charge in [0, 0.05) is 28.6 Å². The lowest BCUT2D eigenvalue weighted by Crippen LogP contribution is -2.14. The lowest BCUT2D eigenvalue weighted by molar-refractivity contribution is 0.102. The highest BCUT2D eigenvalue weighted by molar-refractivity contribution is 6.30. The van der Waals surface area contributed by atoms with E-state index >= 15 is 0 Å². The van der Waals surface area contributed by atoms with E-state index in [4.69, 9.17) is 11.6 Å². The molecule has 102 valence electrons. The van der Waals surface area contributed by atoms with Crippen molar-refractivity contribution in [3.05, 3.63) is 53.3 Å². The average Bonchev–Trinajstić information content (AvgIpc) is 3.25. The van der Waals surface area contributed by atoms with Gasteiger partial charge in [0.15, 0.2) is 0 Å². The van der Waals surface area contributed by atoms with Gasteiger partial charge in [-0.25, -0.2) is 0 Å². The Morgan fingerprint density at radius 1 is 1.15 bits per heavy atom. The summed E-state index contributed by atoms with van der Waals surface area (Å²) in [6, 6.07) is 11.2. The van der Waals surface area contributed by atoms with Crippen LogP contribution < -0.4 is 10.6 Å². The number of amides is 1. The number of rotatable bonds is 4. The number of pyridine rings is 1. The van der Waals surface area contributed by atoms with E-state index in [1.54, 1.807) is 36.5 Å². The molecule has 5 heteroatoms. The summed E-state index contributed by atoms with van der Waals surface area (Å²) < 4.78 is 0. The molecule has 2 N–H and O–H groups in total. The molecular formula is C15H14ClN3O. The van der Waals surface area contributed by atoms with Crippen molar-refractivity contribution in [2.45, 2.75) is 18.9 Å². The third-order valence-electron chi connectivity index (χ3n) is 3.04. The van der Waals surface area contributed by atoms with Gasteiger partial charge in [-0.3, -0.25) is 9.78 Å². The van der Waals surface area contributed by atoms with Crippen molar-refractivity contribution in [1.29, 1.82) is 0 Å². The fraction of sp³-hybridized carbons (Fsp3) is 0.200. The molecule has 0 atom stereocenters. The number of hydrogen-bond acceptors (Lipinski definition) is 3. The quantitative estimate of drug-likeness (QED) is 0.904. The summed E-state index contributed by atoms with van der Waals surface area (Å²) in [4.78, 5) is 16.2. The molecule has 1 amide bonds. The van der Waals surface area contributed by atoms with E-state index in [-0.39, 0.29) is 5.91 Å². The number of carbonyl (C=O) groups excluding carboxylic acids is 1. The summed E-state index contributed by atoms with van der Waals surface area (Å²) in [5.41, 5.74) is 2.02. The third kappa shape index (κ3) is 3.27. The van der Waals surface area contributed by atoms with Crippen molar-refractivity contribution in [1.82, 2.24) is 4.98 Å². The summed E-state index contributed by atoms with van der Waals surface area (Å²) in [5, 5.41) is 6.77. The minimum absolute atomic E-state index is 0.230. The van der Waals surface area contributed by atoms with Crippen molar-refractivity contribution in [2.75, 3.05) is 10.6 Å². The first-order chi connectivity index (χ1) is 9.70. The molecule has 1 saturated carbocycles. The van der Waals surface area contributed by atoms with Crippen LogP contribution in [0.3, 0.4) is 0 Å². The Hall–Kier alpha value is -2.07. The number of hydrogen-bond donors (Lipinski definition) is 2. The molecule has 3 rings (SSSR count). The molecule has 4 nitrogen and oxygen atoms in total. The number of aromatic nitrogens is 1. The molecule has 2 aromatic rings. The molecule has 1 aromatic heterocycles. The zero-order valence-electron chi connectivity index (χ0n) is 10.8. The summed E-state index contributed by atoms with van der Waals surface area (Å²) >= 11 is 5.81. The fourth-order valence-corrected chi connectivity index (χ4v) is 1.96. The van der Waals surface area contributed by atoms with Crippen LogP contribution in [0.1, 0.15) is 23.3 Å². The van der Waals surface area contributed by atoms with E-state index in [1.165, 1.54) is 12.8 Å². The smallest absolute Gasteiger partial charge is 0.274 e. The second-order valence-corrected chi connectivity index (χ2v) is 5.25. The minimum Gasteiger partial charge on any atom is -0.382 e. The summed E-state index contributed by atoms with van der Waals surface area (Å²) in [7, 11) is 0.